The van der Waals surface area contributed by atoms with Gasteiger partial charge in [-0.25, -0.2) is 0 Å². The molecule has 0 aliphatic heterocycles. The lowest BCUT2D eigenvalue weighted by Crippen LogP contribution is -2.34. The van der Waals surface area contributed by atoms with Gasteiger partial charge in [-0.3, -0.25) is 0 Å². The minimum Gasteiger partial charge on any atom is -0.496 e. The van der Waals surface area contributed by atoms with Crippen LogP contribution in [0.1, 0.15) is 29.9 Å². The number of halogens is 1. The Hall–Kier alpha value is -1.48. The van der Waals surface area contributed by atoms with Crippen molar-refractivity contribution in [1.82, 2.24) is 0 Å². The molecular weight excluding hydrogens is 326 g/mol. The monoisotopic (exact) mass is 345 g/mol. The molecule has 2 nitrogen and oxygen atoms in total. The second kappa shape index (κ2) is 6.10. The number of methoxy groups -OCH3 is 1. The first-order valence-electron chi connectivity index (χ1n) is 7.32. The molecule has 2 aromatic carbocycles. The van der Waals surface area contributed by atoms with Crippen LogP contribution in [0.15, 0.2) is 46.9 Å². The predicted octanol–water partition coefficient (Wildman–Crippen LogP) is 5.12. The molecule has 0 heterocycles. The van der Waals surface area contributed by atoms with Crippen molar-refractivity contribution in [3.8, 4) is 5.75 Å². The number of benzene rings is 2. The van der Waals surface area contributed by atoms with Gasteiger partial charge in [-0.05, 0) is 61.1 Å². The average molecular weight is 346 g/mol. The molecule has 3 heteroatoms. The maximum absolute atomic E-state index is 5.46. The maximum Gasteiger partial charge on any atom is 0.122 e. The molecule has 1 aliphatic carbocycles. The highest BCUT2D eigenvalue weighted by Gasteiger charge is 2.31. The summed E-state index contributed by atoms with van der Waals surface area (Å²) < 4.78 is 6.59. The molecule has 2 aromatic rings. The van der Waals surface area contributed by atoms with Crippen LogP contribution in [0.2, 0.25) is 0 Å². The molecule has 0 spiro atoms. The lowest BCUT2D eigenvalue weighted by molar-refractivity contribution is 0.350. The summed E-state index contributed by atoms with van der Waals surface area (Å²) in [4.78, 5) is 0. The molecule has 0 bridgehead atoms. The number of ether oxygens (including phenoxy) is 1. The van der Waals surface area contributed by atoms with E-state index in [0.29, 0.717) is 12.0 Å². The van der Waals surface area contributed by atoms with E-state index in [1.165, 1.54) is 16.8 Å². The third kappa shape index (κ3) is 3.24. The summed E-state index contributed by atoms with van der Waals surface area (Å²) in [5.41, 5.74) is 3.81. The molecule has 21 heavy (non-hydrogen) atoms. The number of para-hydroxylation sites is 1. The molecule has 0 atom stereocenters. The number of nitrogens with one attached hydrogen (secondary N) is 1. The summed E-state index contributed by atoms with van der Waals surface area (Å²) in [6, 6.07) is 15.4. The van der Waals surface area contributed by atoms with Crippen molar-refractivity contribution >= 4 is 21.6 Å². The summed E-state index contributed by atoms with van der Waals surface area (Å²) in [5, 5.41) is 3.63. The first-order chi connectivity index (χ1) is 10.2. The Morgan fingerprint density at radius 2 is 1.90 bits per heavy atom. The molecule has 110 valence electrons. The molecule has 0 unspecified atom stereocenters. The van der Waals surface area contributed by atoms with E-state index in [-0.39, 0.29) is 0 Å². The Balaban J connectivity index is 1.63. The minimum atomic E-state index is 0.550. The van der Waals surface area contributed by atoms with E-state index in [1.807, 2.05) is 12.1 Å². The van der Waals surface area contributed by atoms with Crippen LogP contribution in [-0.2, 0) is 0 Å². The van der Waals surface area contributed by atoms with Crippen molar-refractivity contribution in [2.75, 3.05) is 12.4 Å². The zero-order valence-electron chi connectivity index (χ0n) is 12.4. The minimum absolute atomic E-state index is 0.550. The van der Waals surface area contributed by atoms with Gasteiger partial charge in [0.25, 0.3) is 0 Å². The second-order valence-corrected chi connectivity index (χ2v) is 6.68. The van der Waals surface area contributed by atoms with Crippen molar-refractivity contribution in [3.05, 3.63) is 58.1 Å². The number of hydrogen-bond acceptors (Lipinski definition) is 2. The highest BCUT2D eigenvalue weighted by molar-refractivity contribution is 9.10. The van der Waals surface area contributed by atoms with Gasteiger partial charge in [0, 0.05) is 16.2 Å². The molecule has 1 fully saturated rings. The van der Waals surface area contributed by atoms with Crippen molar-refractivity contribution in [2.45, 2.75) is 31.7 Å². The van der Waals surface area contributed by atoms with Crippen molar-refractivity contribution < 1.29 is 4.74 Å². The first-order valence-corrected chi connectivity index (χ1v) is 8.11. The predicted molar refractivity (Wildman–Crippen MR) is 91.3 cm³/mol. The molecule has 0 aromatic heterocycles. The van der Waals surface area contributed by atoms with Crippen molar-refractivity contribution in [2.24, 2.45) is 0 Å². The summed E-state index contributed by atoms with van der Waals surface area (Å²) in [7, 11) is 1.75. The zero-order valence-corrected chi connectivity index (χ0v) is 14.0. The zero-order chi connectivity index (χ0) is 14.8. The molecule has 1 saturated carbocycles. The van der Waals surface area contributed by atoms with Crippen LogP contribution in [0, 0.1) is 6.92 Å². The van der Waals surface area contributed by atoms with Gasteiger partial charge in [0.05, 0.1) is 7.11 Å². The molecule has 1 aliphatic rings. The third-order valence-corrected chi connectivity index (χ3v) is 4.59. The quantitative estimate of drug-likeness (QED) is 0.829. The van der Waals surface area contributed by atoms with Crippen LogP contribution in [0.4, 0.5) is 5.69 Å². The number of anilines is 1. The number of aryl methyl sites for hydroxylation is 1. The van der Waals surface area contributed by atoms with Gasteiger partial charge in [0.1, 0.15) is 5.75 Å². The van der Waals surface area contributed by atoms with Crippen molar-refractivity contribution in [1.29, 1.82) is 0 Å². The highest BCUT2D eigenvalue weighted by Crippen LogP contribution is 2.42. The smallest absolute Gasteiger partial charge is 0.122 e. The average Bonchev–Trinajstić information content (AvgIpc) is 2.41. The van der Waals surface area contributed by atoms with Gasteiger partial charge in [-0.1, -0.05) is 34.1 Å². The maximum atomic E-state index is 5.46. The van der Waals surface area contributed by atoms with E-state index in [4.69, 9.17) is 4.74 Å². The number of hydrogen-bond donors (Lipinski definition) is 1. The lowest BCUT2D eigenvalue weighted by atomic mass is 9.75. The van der Waals surface area contributed by atoms with Gasteiger partial charge >= 0.3 is 0 Å². The topological polar surface area (TPSA) is 21.3 Å². The second-order valence-electron chi connectivity index (χ2n) is 5.77. The standard InChI is InChI=1S/C18H20BrNO/c1-12-7-14(19)11-15(8-12)20-16-9-13(10-16)17-5-3-4-6-18(17)21-2/h3-8,11,13,16,20H,9-10H2,1-2H3. The highest BCUT2D eigenvalue weighted by atomic mass is 79.9. The van der Waals surface area contributed by atoms with E-state index < -0.39 is 0 Å². The van der Waals surface area contributed by atoms with E-state index in [9.17, 15) is 0 Å². The van der Waals surface area contributed by atoms with Crippen LogP contribution in [0.5, 0.6) is 5.75 Å². The fourth-order valence-electron chi connectivity index (χ4n) is 3.05. The summed E-state index contributed by atoms with van der Waals surface area (Å²) >= 11 is 3.55. The van der Waals surface area contributed by atoms with Gasteiger partial charge in [-0.15, -0.1) is 0 Å². The molecule has 1 N–H and O–H groups in total. The van der Waals surface area contributed by atoms with Gasteiger partial charge < -0.3 is 10.1 Å². The largest absolute Gasteiger partial charge is 0.496 e. The summed E-state index contributed by atoms with van der Waals surface area (Å²) in [5.74, 6) is 1.62. The molecule has 0 radical (unpaired) electrons. The van der Waals surface area contributed by atoms with Gasteiger partial charge in [-0.2, -0.15) is 0 Å². The molecule has 0 amide bonds. The Morgan fingerprint density at radius 1 is 1.14 bits per heavy atom. The van der Waals surface area contributed by atoms with Crippen LogP contribution in [0.3, 0.4) is 0 Å². The van der Waals surface area contributed by atoms with E-state index >= 15 is 0 Å². The molecular formula is C18H20BrNO. The fraction of sp³-hybridized carbons (Fsp3) is 0.333. The van der Waals surface area contributed by atoms with Crippen LogP contribution >= 0.6 is 15.9 Å². The summed E-state index contributed by atoms with van der Waals surface area (Å²) in [6.45, 7) is 2.12. The molecule has 0 saturated heterocycles. The lowest BCUT2D eigenvalue weighted by Gasteiger charge is -2.37. The van der Waals surface area contributed by atoms with Crippen LogP contribution < -0.4 is 10.1 Å². The SMILES string of the molecule is COc1ccccc1C1CC(Nc2cc(C)cc(Br)c2)C1. The Bertz CT molecular complexity index is 615. The number of rotatable bonds is 4. The normalized spacial score (nSPS) is 20.7. The Labute approximate surface area is 134 Å². The van der Waals surface area contributed by atoms with Gasteiger partial charge in [0.2, 0.25) is 0 Å². The van der Waals surface area contributed by atoms with E-state index in [1.54, 1.807) is 7.11 Å². The van der Waals surface area contributed by atoms with E-state index in [0.717, 1.165) is 23.1 Å². The Morgan fingerprint density at radius 3 is 2.62 bits per heavy atom. The van der Waals surface area contributed by atoms with Crippen LogP contribution in [-0.4, -0.2) is 13.2 Å². The molecule has 3 rings (SSSR count). The third-order valence-electron chi connectivity index (χ3n) is 4.13. The van der Waals surface area contributed by atoms with Gasteiger partial charge in [0.15, 0.2) is 0 Å². The van der Waals surface area contributed by atoms with Crippen molar-refractivity contribution in [3.63, 3.8) is 0 Å². The first kappa shape index (κ1) is 14.5. The summed E-state index contributed by atoms with van der Waals surface area (Å²) in [6.07, 6.45) is 2.32. The van der Waals surface area contributed by atoms with E-state index in [2.05, 4.69) is 58.5 Å². The Kier molecular flexibility index (Phi) is 4.20. The fourth-order valence-corrected chi connectivity index (χ4v) is 3.66. The van der Waals surface area contributed by atoms with Crippen LogP contribution in [0.25, 0.3) is 0 Å².